The van der Waals surface area contributed by atoms with Crippen LogP contribution in [0, 0.1) is 22.7 Å². The molecular weight excluding hydrogens is 957 g/mol. The Kier molecular flexibility index (Phi) is 15.8. The number of halogens is 12. The summed E-state index contributed by atoms with van der Waals surface area (Å²) in [5, 5.41) is 19.2. The van der Waals surface area contributed by atoms with Crippen molar-refractivity contribution in [1.29, 1.82) is 10.5 Å². The molecule has 0 atom stereocenters. The largest absolute Gasteiger partial charge is 2.00 e. The zero-order valence-electron chi connectivity index (χ0n) is 31.2. The zero-order chi connectivity index (χ0) is 45.0. The number of nitriles is 2. The maximum Gasteiger partial charge on any atom is 2.00 e. The monoisotopic (exact) mass is 987 g/mol. The summed E-state index contributed by atoms with van der Waals surface area (Å²) in [6, 6.07) is 46.0. The van der Waals surface area contributed by atoms with Crippen LogP contribution < -0.4 is 0 Å². The molecule has 5 aromatic heterocycles. The zero-order valence-corrected chi connectivity index (χ0v) is 34.7. The Hall–Kier alpha value is -5.93. The summed E-state index contributed by atoms with van der Waals surface area (Å²) >= 11 is 0. The third-order valence-corrected chi connectivity index (χ3v) is 6.82. The van der Waals surface area contributed by atoms with Crippen LogP contribution >= 0.6 is 15.6 Å². The fraction of sp³-hybridized carbons (Fsp3) is 0.0513. The maximum atomic E-state index is 9.87. The van der Waals surface area contributed by atoms with Crippen LogP contribution in [0.1, 0.15) is 13.8 Å². The van der Waals surface area contributed by atoms with E-state index in [2.05, 4.69) is 58.5 Å². The Bertz CT molecular complexity index is 2630. The number of fused-ring (bicyclic) bond motifs is 5. The van der Waals surface area contributed by atoms with Gasteiger partial charge in [0.15, 0.2) is 0 Å². The molecule has 8 aromatic rings. The topological polar surface area (TPSA) is 112 Å². The van der Waals surface area contributed by atoms with E-state index in [0.717, 1.165) is 66.4 Å². The summed E-state index contributed by atoms with van der Waals surface area (Å²) in [7, 11) is -21.3. The van der Waals surface area contributed by atoms with E-state index in [0.29, 0.717) is 0 Å². The molecule has 8 rings (SSSR count). The number of hydrogen-bond acceptors (Lipinski definition) is 7. The van der Waals surface area contributed by atoms with Crippen molar-refractivity contribution < 1.29 is 69.8 Å². The van der Waals surface area contributed by atoms with E-state index in [1.54, 1.807) is 24.5 Å². The molecule has 0 radical (unpaired) electrons. The van der Waals surface area contributed by atoms with E-state index in [1.165, 1.54) is 13.8 Å². The Morgan fingerprint density at radius 2 is 0.656 bits per heavy atom. The number of pyridine rings is 5. The third kappa shape index (κ3) is 21.2. The molecule has 61 heavy (non-hydrogen) atoms. The van der Waals surface area contributed by atoms with Gasteiger partial charge < -0.3 is 0 Å². The minimum absolute atomic E-state index is 0. The van der Waals surface area contributed by atoms with Gasteiger partial charge in [0.05, 0.1) is 57.0 Å². The number of nitrogens with zero attached hydrogens (tertiary/aromatic N) is 7. The second-order valence-electron chi connectivity index (χ2n) is 11.8. The molecule has 0 amide bonds. The molecule has 0 bridgehead atoms. The molecule has 0 N–H and O–H groups in total. The summed E-state index contributed by atoms with van der Waals surface area (Å²) in [5.74, 6) is 0. The van der Waals surface area contributed by atoms with Gasteiger partial charge in [-0.2, -0.15) is 10.5 Å². The van der Waals surface area contributed by atoms with Gasteiger partial charge in [-0.25, -0.2) is 15.0 Å². The second kappa shape index (κ2) is 18.8. The van der Waals surface area contributed by atoms with Crippen molar-refractivity contribution in [3.8, 4) is 34.9 Å². The number of aromatic nitrogens is 5. The molecule has 7 nitrogen and oxygen atoms in total. The molecule has 0 spiro atoms. The van der Waals surface area contributed by atoms with Gasteiger partial charge in [0.2, 0.25) is 0 Å². The molecule has 322 valence electrons. The summed E-state index contributed by atoms with van der Waals surface area (Å²) in [5.41, 5.74) is 7.34. The number of para-hydroxylation sites is 2. The van der Waals surface area contributed by atoms with Crippen LogP contribution in [0.4, 0.5) is 50.4 Å². The standard InChI is InChI=1S/C23H15N3.C12H8N2.2C2H3N.2F6P.Ru/c1-3-8-18-16(6-1)12-14-22(24-18)20-10-5-11-21(26-20)23-15-13-17-7-2-4-9-19(17)25-23;1-3-9-5-6-10-4-2-8-14-12(10)11(9)13-7-1;2*1-2-3;2*1-7(2,3,4,5)6;/h1-15H;1-8H;2*1H3;;;/q;;;;2*-1;+2. The van der Waals surface area contributed by atoms with Crippen molar-refractivity contribution in [1.82, 2.24) is 24.9 Å². The Morgan fingerprint density at radius 3 is 1.00 bits per heavy atom. The quantitative estimate of drug-likeness (QED) is 0.0734. The first-order chi connectivity index (χ1) is 27.5. The normalized spacial score (nSPS) is 12.8. The van der Waals surface area contributed by atoms with Crippen LogP contribution in [0.15, 0.2) is 140 Å². The minimum atomic E-state index is -10.7. The molecule has 0 aliphatic carbocycles. The van der Waals surface area contributed by atoms with E-state index in [1.807, 2.05) is 78.9 Å². The van der Waals surface area contributed by atoms with Crippen molar-refractivity contribution in [3.63, 3.8) is 0 Å². The van der Waals surface area contributed by atoms with Gasteiger partial charge in [0.25, 0.3) is 0 Å². The second-order valence-corrected chi connectivity index (χ2v) is 15.6. The summed E-state index contributed by atoms with van der Waals surface area (Å²) in [6.45, 7) is 2.86. The van der Waals surface area contributed by atoms with Crippen molar-refractivity contribution >= 4 is 59.2 Å². The third-order valence-electron chi connectivity index (χ3n) is 6.82. The van der Waals surface area contributed by atoms with Crippen molar-refractivity contribution in [2.75, 3.05) is 0 Å². The Labute approximate surface area is 352 Å². The molecule has 0 aliphatic rings. The molecule has 22 heteroatoms. The van der Waals surface area contributed by atoms with Crippen LogP contribution in [-0.4, -0.2) is 24.9 Å². The van der Waals surface area contributed by atoms with Crippen molar-refractivity contribution in [2.24, 2.45) is 0 Å². The predicted octanol–water partition coefficient (Wildman–Crippen LogP) is 16.1. The van der Waals surface area contributed by atoms with Gasteiger partial charge in [-0.1, -0.05) is 78.9 Å². The maximum absolute atomic E-state index is 10.7. The Morgan fingerprint density at radius 1 is 0.377 bits per heavy atom. The number of hydrogen-bond donors (Lipinski definition) is 0. The number of rotatable bonds is 2. The Balaban J connectivity index is 0.000000308. The first-order valence-corrected chi connectivity index (χ1v) is 20.6. The SMILES string of the molecule is CC#N.CC#N.F[P-](F)(F)(F)(F)F.F[P-](F)(F)(F)(F)F.[Ru+2].c1cc(-c2ccc3ccccc3n2)nc(-c2ccc3ccccc3n2)c1.c1cnc2c(c1)ccc1cccnc12. The van der Waals surface area contributed by atoms with Gasteiger partial charge in [0.1, 0.15) is 0 Å². The molecule has 0 saturated carbocycles. The average molecular weight is 987 g/mol. The van der Waals surface area contributed by atoms with Gasteiger partial charge in [0, 0.05) is 47.8 Å². The van der Waals surface area contributed by atoms with E-state index in [9.17, 15) is 50.4 Å². The number of benzene rings is 3. The van der Waals surface area contributed by atoms with Crippen molar-refractivity contribution in [3.05, 3.63) is 140 Å². The van der Waals surface area contributed by atoms with Crippen LogP contribution in [0.25, 0.3) is 66.4 Å². The van der Waals surface area contributed by atoms with Gasteiger partial charge >= 0.3 is 85.5 Å². The van der Waals surface area contributed by atoms with Crippen molar-refractivity contribution in [2.45, 2.75) is 13.8 Å². The van der Waals surface area contributed by atoms with Gasteiger partial charge in [-0.05, 0) is 48.5 Å². The van der Waals surface area contributed by atoms with E-state index in [-0.39, 0.29) is 19.5 Å². The van der Waals surface area contributed by atoms with Gasteiger partial charge in [-0.3, -0.25) is 9.97 Å². The average Bonchev–Trinajstić information content (AvgIpc) is 3.16. The fourth-order valence-corrected chi connectivity index (χ4v) is 4.82. The summed E-state index contributed by atoms with van der Waals surface area (Å²) in [4.78, 5) is 23.0. The molecule has 5 heterocycles. The first kappa shape index (κ1) is 51.2. The molecule has 0 fully saturated rings. The van der Waals surface area contributed by atoms with Crippen LogP contribution in [-0.2, 0) is 19.5 Å². The molecule has 3 aromatic carbocycles. The molecule has 0 aliphatic heterocycles. The van der Waals surface area contributed by atoms with Crippen LogP contribution in [0.2, 0.25) is 0 Å². The van der Waals surface area contributed by atoms with E-state index < -0.39 is 15.6 Å². The van der Waals surface area contributed by atoms with E-state index >= 15 is 0 Å². The molecular formula is C39H29F12N7P2Ru. The predicted molar refractivity (Wildman–Crippen MR) is 212 cm³/mol. The van der Waals surface area contributed by atoms with E-state index in [4.69, 9.17) is 25.5 Å². The first-order valence-electron chi connectivity index (χ1n) is 16.6. The van der Waals surface area contributed by atoms with Gasteiger partial charge in [-0.15, -0.1) is 0 Å². The summed E-state index contributed by atoms with van der Waals surface area (Å²) < 4.78 is 118. The summed E-state index contributed by atoms with van der Waals surface area (Å²) in [6.07, 6.45) is 3.60. The fourth-order valence-electron chi connectivity index (χ4n) is 4.82. The molecule has 0 unspecified atom stereocenters. The smallest absolute Gasteiger partial charge is 0.254 e. The van der Waals surface area contributed by atoms with Crippen LogP contribution in [0.5, 0.6) is 0 Å². The minimum Gasteiger partial charge on any atom is -0.254 e. The van der Waals surface area contributed by atoms with Crippen LogP contribution in [0.3, 0.4) is 0 Å². The molecule has 0 saturated heterocycles.